The Labute approximate surface area is 126 Å². The fourth-order valence-electron chi connectivity index (χ4n) is 1.83. The molecule has 9 heteroatoms. The summed E-state index contributed by atoms with van der Waals surface area (Å²) in [6.45, 7) is 0. The second-order valence-electron chi connectivity index (χ2n) is 4.49. The number of halogens is 1. The zero-order valence-corrected chi connectivity index (χ0v) is 12.9. The van der Waals surface area contributed by atoms with Crippen molar-refractivity contribution in [3.63, 3.8) is 0 Å². The SMILES string of the molecule is CN1C(=O)C(S(=O)(=O)Nc2ccccc2Cl)C=[N+](C)C1=O. The van der Waals surface area contributed by atoms with Gasteiger partial charge in [-0.15, -0.1) is 0 Å². The van der Waals surface area contributed by atoms with E-state index in [1.807, 2.05) is 0 Å². The van der Waals surface area contributed by atoms with Gasteiger partial charge < -0.3 is 0 Å². The highest BCUT2D eigenvalue weighted by molar-refractivity contribution is 7.94. The summed E-state index contributed by atoms with van der Waals surface area (Å²) >= 11 is 5.89. The molecule has 0 spiro atoms. The van der Waals surface area contributed by atoms with Gasteiger partial charge >= 0.3 is 11.9 Å². The van der Waals surface area contributed by atoms with E-state index in [1.54, 1.807) is 12.1 Å². The smallest absolute Gasteiger partial charge is 0.281 e. The van der Waals surface area contributed by atoms with Gasteiger partial charge in [-0.3, -0.25) is 4.72 Å². The number of benzene rings is 1. The molecule has 0 radical (unpaired) electrons. The quantitative estimate of drug-likeness (QED) is 0.829. The molecule has 1 aliphatic heterocycles. The molecule has 0 saturated carbocycles. The van der Waals surface area contributed by atoms with Crippen molar-refractivity contribution >= 4 is 45.5 Å². The van der Waals surface area contributed by atoms with Crippen molar-refractivity contribution in [3.05, 3.63) is 29.3 Å². The number of para-hydroxylation sites is 1. The van der Waals surface area contributed by atoms with Gasteiger partial charge in [0.25, 0.3) is 10.0 Å². The monoisotopic (exact) mass is 330 g/mol. The molecule has 0 bridgehead atoms. The molecule has 1 aromatic carbocycles. The molecule has 1 atom stereocenters. The van der Waals surface area contributed by atoms with E-state index >= 15 is 0 Å². The van der Waals surface area contributed by atoms with Crippen LogP contribution in [0.25, 0.3) is 0 Å². The van der Waals surface area contributed by atoms with Gasteiger partial charge in [-0.2, -0.15) is 9.69 Å². The van der Waals surface area contributed by atoms with E-state index in [4.69, 9.17) is 11.6 Å². The van der Waals surface area contributed by atoms with Gasteiger partial charge in [0.15, 0.2) is 0 Å². The Bertz CT molecular complexity index is 745. The van der Waals surface area contributed by atoms with Crippen LogP contribution >= 0.6 is 11.6 Å². The van der Waals surface area contributed by atoms with Gasteiger partial charge in [0.1, 0.15) is 6.21 Å². The molecule has 1 aromatic rings. The van der Waals surface area contributed by atoms with Crippen molar-refractivity contribution in [2.24, 2.45) is 0 Å². The Hall–Kier alpha value is -1.93. The van der Waals surface area contributed by atoms with Crippen LogP contribution in [0.3, 0.4) is 0 Å². The fraction of sp³-hybridized carbons (Fsp3) is 0.250. The van der Waals surface area contributed by atoms with Crippen LogP contribution in [-0.4, -0.2) is 55.4 Å². The van der Waals surface area contributed by atoms with E-state index in [2.05, 4.69) is 4.72 Å². The molecule has 0 saturated heterocycles. The Kier molecular flexibility index (Phi) is 4.02. The van der Waals surface area contributed by atoms with Gasteiger partial charge in [-0.25, -0.2) is 17.8 Å². The number of carbonyl (C=O) groups excluding carboxylic acids is 2. The summed E-state index contributed by atoms with van der Waals surface area (Å²) < 4.78 is 28.0. The van der Waals surface area contributed by atoms with E-state index in [-0.39, 0.29) is 10.7 Å². The summed E-state index contributed by atoms with van der Waals surface area (Å²) in [5.74, 6) is -0.822. The van der Waals surface area contributed by atoms with E-state index in [9.17, 15) is 18.0 Å². The van der Waals surface area contributed by atoms with Gasteiger partial charge in [-0.05, 0) is 12.1 Å². The van der Waals surface area contributed by atoms with Gasteiger partial charge in [-0.1, -0.05) is 23.7 Å². The third kappa shape index (κ3) is 2.91. The third-order valence-corrected chi connectivity index (χ3v) is 4.81. The number of imide groups is 1. The molecule has 1 N–H and O–H groups in total. The highest BCUT2D eigenvalue weighted by atomic mass is 35.5. The molecular formula is C12H13ClN3O4S+. The number of sulfonamides is 1. The standard InChI is InChI=1S/C12H13ClN3O4S/c1-15-7-10(11(17)16(2)12(15)18)21(19,20)14-9-6-4-3-5-8(9)13/h3-7,10,14H,1-2H3/q+1. The number of hydrogen-bond donors (Lipinski definition) is 1. The zero-order valence-electron chi connectivity index (χ0n) is 11.3. The summed E-state index contributed by atoms with van der Waals surface area (Å²) in [5, 5.41) is -1.29. The molecule has 0 aromatic heterocycles. The molecule has 1 heterocycles. The fourth-order valence-corrected chi connectivity index (χ4v) is 3.44. The summed E-state index contributed by atoms with van der Waals surface area (Å²) in [4.78, 5) is 24.3. The van der Waals surface area contributed by atoms with Crippen molar-refractivity contribution < 1.29 is 22.6 Å². The third-order valence-electron chi connectivity index (χ3n) is 2.98. The molecule has 7 nitrogen and oxygen atoms in total. The van der Waals surface area contributed by atoms with Crippen LogP contribution in [0.1, 0.15) is 0 Å². The van der Waals surface area contributed by atoms with E-state index in [1.165, 1.54) is 26.2 Å². The minimum absolute atomic E-state index is 0.169. The van der Waals surface area contributed by atoms with Crippen LogP contribution in [0.15, 0.2) is 24.3 Å². The first kappa shape index (κ1) is 15.5. The molecule has 3 amide bonds. The number of rotatable bonds is 3. The number of urea groups is 1. The van der Waals surface area contributed by atoms with Gasteiger partial charge in [0.05, 0.1) is 24.8 Å². The lowest BCUT2D eigenvalue weighted by molar-refractivity contribution is -0.399. The molecule has 2 rings (SSSR count). The minimum Gasteiger partial charge on any atom is -0.281 e. The Morgan fingerprint density at radius 3 is 2.52 bits per heavy atom. The first-order valence-corrected chi connectivity index (χ1v) is 7.82. The number of carbonyl (C=O) groups is 2. The number of nitrogens with zero attached hydrogens (tertiary/aromatic N) is 2. The lowest BCUT2D eigenvalue weighted by Crippen LogP contribution is -2.54. The maximum absolute atomic E-state index is 12.3. The average Bonchev–Trinajstić information content (AvgIpc) is 2.42. The summed E-state index contributed by atoms with van der Waals surface area (Å²) in [6.07, 6.45) is 1.06. The number of hydrogen-bond acceptors (Lipinski definition) is 4. The first-order chi connectivity index (χ1) is 9.74. The molecule has 112 valence electrons. The van der Waals surface area contributed by atoms with Crippen molar-refractivity contribution in [2.75, 3.05) is 18.8 Å². The molecule has 0 fully saturated rings. The Morgan fingerprint density at radius 2 is 1.90 bits per heavy atom. The normalized spacial score (nSPS) is 19.5. The van der Waals surface area contributed by atoms with Gasteiger partial charge in [0.2, 0.25) is 5.25 Å². The van der Waals surface area contributed by atoms with Crippen LogP contribution < -0.4 is 4.72 Å². The molecule has 1 aliphatic rings. The largest absolute Gasteiger partial charge is 0.500 e. The van der Waals surface area contributed by atoms with Crippen LogP contribution in [0.4, 0.5) is 10.5 Å². The number of amides is 3. The van der Waals surface area contributed by atoms with Crippen LogP contribution in [0, 0.1) is 0 Å². The lowest BCUT2D eigenvalue weighted by Gasteiger charge is -2.20. The Balaban J connectivity index is 2.38. The van der Waals surface area contributed by atoms with Crippen molar-refractivity contribution in [3.8, 4) is 0 Å². The van der Waals surface area contributed by atoms with Gasteiger partial charge in [0, 0.05) is 0 Å². The number of nitrogens with one attached hydrogen (secondary N) is 1. The molecule has 0 aliphatic carbocycles. The summed E-state index contributed by atoms with van der Waals surface area (Å²) in [5.41, 5.74) is 0.169. The molecule has 1 unspecified atom stereocenters. The maximum Gasteiger partial charge on any atom is 0.500 e. The van der Waals surface area contributed by atoms with Crippen molar-refractivity contribution in [1.82, 2.24) is 4.90 Å². The summed E-state index contributed by atoms with van der Waals surface area (Å²) in [7, 11) is -1.47. The number of anilines is 1. The average molecular weight is 331 g/mol. The topological polar surface area (TPSA) is 86.6 Å². The first-order valence-electron chi connectivity index (χ1n) is 5.89. The predicted molar refractivity (Wildman–Crippen MR) is 78.2 cm³/mol. The highest BCUT2D eigenvalue weighted by Gasteiger charge is 2.46. The second kappa shape index (κ2) is 5.45. The highest BCUT2D eigenvalue weighted by Crippen LogP contribution is 2.23. The van der Waals surface area contributed by atoms with E-state index in [0.717, 1.165) is 15.7 Å². The van der Waals surface area contributed by atoms with E-state index in [0.29, 0.717) is 0 Å². The van der Waals surface area contributed by atoms with Crippen molar-refractivity contribution in [2.45, 2.75) is 5.25 Å². The van der Waals surface area contributed by atoms with Crippen molar-refractivity contribution in [1.29, 1.82) is 0 Å². The summed E-state index contributed by atoms with van der Waals surface area (Å²) in [6, 6.07) is 5.67. The van der Waals surface area contributed by atoms with E-state index < -0.39 is 27.2 Å². The molecule has 21 heavy (non-hydrogen) atoms. The second-order valence-corrected chi connectivity index (χ2v) is 6.70. The predicted octanol–water partition coefficient (Wildman–Crippen LogP) is 0.755. The van der Waals surface area contributed by atoms with Crippen LogP contribution in [0.5, 0.6) is 0 Å². The molecular weight excluding hydrogens is 318 g/mol. The van der Waals surface area contributed by atoms with Crippen LogP contribution in [-0.2, 0) is 14.8 Å². The maximum atomic E-state index is 12.3. The zero-order chi connectivity index (χ0) is 15.8. The lowest BCUT2D eigenvalue weighted by atomic mass is 10.3. The Morgan fingerprint density at radius 1 is 1.29 bits per heavy atom. The minimum atomic E-state index is -4.07. The van der Waals surface area contributed by atoms with Crippen LogP contribution in [0.2, 0.25) is 5.02 Å².